The fraction of sp³-hybridized carbons (Fsp3) is 0.333. The first-order valence-corrected chi connectivity index (χ1v) is 9.25. The number of nitrogens with one attached hydrogen (secondary N) is 1. The molecule has 1 fully saturated rings. The van der Waals surface area contributed by atoms with E-state index in [1.165, 1.54) is 0 Å². The van der Waals surface area contributed by atoms with E-state index in [-0.39, 0.29) is 0 Å². The summed E-state index contributed by atoms with van der Waals surface area (Å²) in [5.74, 6) is 1.13. The molecule has 1 aliphatic rings. The second kappa shape index (κ2) is 9.87. The van der Waals surface area contributed by atoms with Crippen LogP contribution in [0, 0.1) is 0 Å². The summed E-state index contributed by atoms with van der Waals surface area (Å²) in [5, 5.41) is 10.3. The minimum atomic E-state index is 0.350. The van der Waals surface area contributed by atoms with Crippen molar-refractivity contribution in [2.75, 3.05) is 39.4 Å². The van der Waals surface area contributed by atoms with Crippen molar-refractivity contribution in [1.82, 2.24) is 15.4 Å². The zero-order valence-corrected chi connectivity index (χ0v) is 16.1. The highest BCUT2D eigenvalue weighted by Gasteiger charge is 2.10. The molecule has 144 valence electrons. The number of benzene rings is 1. The van der Waals surface area contributed by atoms with Crippen LogP contribution in [0.4, 0.5) is 0 Å². The first-order chi connectivity index (χ1) is 13.2. The molecule has 0 spiro atoms. The van der Waals surface area contributed by atoms with E-state index >= 15 is 0 Å². The molecule has 1 aromatic carbocycles. The van der Waals surface area contributed by atoms with Crippen LogP contribution in [0.3, 0.4) is 0 Å². The quantitative estimate of drug-likeness (QED) is 0.432. The predicted molar refractivity (Wildman–Crippen MR) is 104 cm³/mol. The third-order valence-electron chi connectivity index (χ3n) is 4.01. The number of rotatable bonds is 6. The summed E-state index contributed by atoms with van der Waals surface area (Å²) in [6.45, 7) is 4.65. The first-order valence-electron chi connectivity index (χ1n) is 8.49. The molecule has 1 aliphatic heterocycles. The van der Waals surface area contributed by atoms with Gasteiger partial charge in [0.25, 0.3) is 0 Å². The van der Waals surface area contributed by atoms with E-state index in [4.69, 9.17) is 32.7 Å². The molecule has 27 heavy (non-hydrogen) atoms. The molecular formula is C18H20Cl2N4O3. The predicted octanol–water partition coefficient (Wildman–Crippen LogP) is 3.24. The van der Waals surface area contributed by atoms with Crippen molar-refractivity contribution in [3.05, 3.63) is 52.1 Å². The Kier molecular flexibility index (Phi) is 7.25. The lowest BCUT2D eigenvalue weighted by molar-refractivity contribution is 0.0394. The van der Waals surface area contributed by atoms with Gasteiger partial charge in [0.15, 0.2) is 5.84 Å². The van der Waals surface area contributed by atoms with Crippen molar-refractivity contribution in [2.45, 2.75) is 0 Å². The van der Waals surface area contributed by atoms with E-state index in [0.29, 0.717) is 39.6 Å². The topological polar surface area (TPSA) is 79.2 Å². The van der Waals surface area contributed by atoms with E-state index in [0.717, 1.165) is 32.8 Å². The summed E-state index contributed by atoms with van der Waals surface area (Å²) in [4.78, 5) is 10.9. The van der Waals surface area contributed by atoms with Gasteiger partial charge in [0.2, 0.25) is 5.88 Å². The van der Waals surface area contributed by atoms with Gasteiger partial charge < -0.3 is 9.47 Å². The van der Waals surface area contributed by atoms with Crippen molar-refractivity contribution in [2.24, 2.45) is 4.99 Å². The van der Waals surface area contributed by atoms with E-state index in [2.05, 4.69) is 20.4 Å². The lowest BCUT2D eigenvalue weighted by Gasteiger charge is -2.25. The molecule has 9 heteroatoms. The number of ether oxygens (including phenoxy) is 2. The van der Waals surface area contributed by atoms with Crippen LogP contribution < -0.4 is 10.2 Å². The number of halogens is 2. The summed E-state index contributed by atoms with van der Waals surface area (Å²) in [7, 11) is 0. The zero-order chi connectivity index (χ0) is 19.1. The van der Waals surface area contributed by atoms with Gasteiger partial charge in [-0.25, -0.2) is 4.98 Å². The van der Waals surface area contributed by atoms with Crippen molar-refractivity contribution in [1.29, 1.82) is 0 Å². The molecule has 0 saturated carbocycles. The van der Waals surface area contributed by atoms with Crippen LogP contribution in [0.1, 0.15) is 5.56 Å². The molecule has 1 saturated heterocycles. The molecule has 0 aliphatic carbocycles. The maximum absolute atomic E-state index is 9.38. The van der Waals surface area contributed by atoms with Crippen LogP contribution in [0.2, 0.25) is 10.0 Å². The number of aromatic nitrogens is 1. The molecule has 2 heterocycles. The maximum Gasteiger partial charge on any atom is 0.219 e. The summed E-state index contributed by atoms with van der Waals surface area (Å²) in [6, 6.07) is 8.37. The standard InChI is InChI=1S/C18H20Cl2N4O3/c19-14-2-3-15(20)16(11-14)27-17-4-1-13(12-22-17)18(23-25)21-5-6-24-7-9-26-10-8-24/h1-4,11-12,25H,5-10H2,(H,21,23). The van der Waals surface area contributed by atoms with Crippen LogP contribution in [0.5, 0.6) is 11.6 Å². The fourth-order valence-corrected chi connectivity index (χ4v) is 2.89. The SMILES string of the molecule is ONC(=NCCN1CCOCC1)c1ccc(Oc2cc(Cl)ccc2Cl)nc1. The average molecular weight is 411 g/mol. The van der Waals surface area contributed by atoms with Crippen molar-refractivity contribution in [3.8, 4) is 11.6 Å². The molecular weight excluding hydrogens is 391 g/mol. The number of hydrogen-bond acceptors (Lipinski definition) is 6. The van der Waals surface area contributed by atoms with Gasteiger partial charge in [0, 0.05) is 48.5 Å². The van der Waals surface area contributed by atoms with Gasteiger partial charge in [-0.05, 0) is 18.2 Å². The Balaban J connectivity index is 1.61. The van der Waals surface area contributed by atoms with Gasteiger partial charge >= 0.3 is 0 Å². The van der Waals surface area contributed by atoms with Crippen molar-refractivity contribution >= 4 is 29.0 Å². The second-order valence-electron chi connectivity index (χ2n) is 5.86. The molecule has 0 unspecified atom stereocenters. The largest absolute Gasteiger partial charge is 0.437 e. The molecule has 3 rings (SSSR count). The van der Waals surface area contributed by atoms with Crippen molar-refractivity contribution in [3.63, 3.8) is 0 Å². The Hall–Kier alpha value is -1.90. The molecule has 0 radical (unpaired) electrons. The van der Waals surface area contributed by atoms with Crippen LogP contribution in [0.15, 0.2) is 41.5 Å². The van der Waals surface area contributed by atoms with E-state index in [1.807, 2.05) is 0 Å². The molecule has 0 amide bonds. The molecule has 1 aromatic heterocycles. The zero-order valence-electron chi connectivity index (χ0n) is 14.6. The third kappa shape index (κ3) is 5.79. The molecule has 0 atom stereocenters. The number of morpholine rings is 1. The molecule has 7 nitrogen and oxygen atoms in total. The van der Waals surface area contributed by atoms with Crippen LogP contribution >= 0.6 is 23.2 Å². The minimum Gasteiger partial charge on any atom is -0.437 e. The lowest BCUT2D eigenvalue weighted by Crippen LogP contribution is -2.38. The Bertz CT molecular complexity index is 781. The highest BCUT2D eigenvalue weighted by Crippen LogP contribution is 2.31. The Morgan fingerprint density at radius 1 is 1.26 bits per heavy atom. The van der Waals surface area contributed by atoms with Gasteiger partial charge in [-0.3, -0.25) is 20.6 Å². The average Bonchev–Trinajstić information content (AvgIpc) is 2.70. The minimum absolute atomic E-state index is 0.350. The Morgan fingerprint density at radius 3 is 2.78 bits per heavy atom. The van der Waals surface area contributed by atoms with Crippen LogP contribution in [0.25, 0.3) is 0 Å². The second-order valence-corrected chi connectivity index (χ2v) is 6.70. The number of amidine groups is 1. The summed E-state index contributed by atoms with van der Waals surface area (Å²) >= 11 is 12.0. The van der Waals surface area contributed by atoms with Gasteiger partial charge in [-0.2, -0.15) is 0 Å². The van der Waals surface area contributed by atoms with Crippen LogP contribution in [-0.4, -0.2) is 60.3 Å². The first kappa shape index (κ1) is 19.9. The molecule has 2 aromatic rings. The number of pyridine rings is 1. The van der Waals surface area contributed by atoms with Crippen LogP contribution in [-0.2, 0) is 4.74 Å². The number of hydrogen-bond donors (Lipinski definition) is 2. The molecule has 2 N–H and O–H groups in total. The normalized spacial score (nSPS) is 15.6. The van der Waals surface area contributed by atoms with Crippen molar-refractivity contribution < 1.29 is 14.7 Å². The number of nitrogens with zero attached hydrogens (tertiary/aromatic N) is 3. The molecule has 0 bridgehead atoms. The maximum atomic E-state index is 9.38. The lowest BCUT2D eigenvalue weighted by atomic mass is 10.2. The third-order valence-corrected chi connectivity index (χ3v) is 4.56. The van der Waals surface area contributed by atoms with Gasteiger partial charge in [-0.15, -0.1) is 0 Å². The van der Waals surface area contributed by atoms with E-state index in [1.54, 1.807) is 36.5 Å². The highest BCUT2D eigenvalue weighted by atomic mass is 35.5. The number of aliphatic imine (C=N–C) groups is 1. The summed E-state index contributed by atoms with van der Waals surface area (Å²) < 4.78 is 11.0. The summed E-state index contributed by atoms with van der Waals surface area (Å²) in [5.41, 5.74) is 2.77. The van der Waals surface area contributed by atoms with Gasteiger partial charge in [-0.1, -0.05) is 23.2 Å². The Morgan fingerprint density at radius 2 is 2.07 bits per heavy atom. The van der Waals surface area contributed by atoms with E-state index in [9.17, 15) is 5.21 Å². The fourth-order valence-electron chi connectivity index (χ4n) is 2.57. The highest BCUT2D eigenvalue weighted by molar-refractivity contribution is 6.34. The van der Waals surface area contributed by atoms with Gasteiger partial charge in [0.1, 0.15) is 5.75 Å². The van der Waals surface area contributed by atoms with E-state index < -0.39 is 0 Å². The number of hydroxylamine groups is 1. The monoisotopic (exact) mass is 410 g/mol. The summed E-state index contributed by atoms with van der Waals surface area (Å²) in [6.07, 6.45) is 1.56. The Labute approximate surface area is 167 Å². The van der Waals surface area contributed by atoms with Gasteiger partial charge in [0.05, 0.1) is 24.8 Å². The smallest absolute Gasteiger partial charge is 0.219 e.